The van der Waals surface area contributed by atoms with Gasteiger partial charge in [0.15, 0.2) is 0 Å². The number of rotatable bonds is 4. The number of ether oxygens (including phenoxy) is 1. The molecule has 0 N–H and O–H groups in total. The Morgan fingerprint density at radius 1 is 1.40 bits per heavy atom. The molecule has 3 nitrogen and oxygen atoms in total. The number of nitrogens with zero attached hydrogens (tertiary/aromatic N) is 1. The monoisotopic (exact) mass is 273 g/mol. The van der Waals surface area contributed by atoms with Crippen LogP contribution >= 0.6 is 0 Å². The van der Waals surface area contributed by atoms with Gasteiger partial charge in [0, 0.05) is 19.2 Å². The minimum absolute atomic E-state index is 0.116. The molecule has 1 aliphatic rings. The lowest BCUT2D eigenvalue weighted by Crippen LogP contribution is -2.38. The van der Waals surface area contributed by atoms with Crippen LogP contribution in [0.25, 0.3) is 6.08 Å². The molecule has 1 heterocycles. The maximum atomic E-state index is 12.1. The summed E-state index contributed by atoms with van der Waals surface area (Å²) in [6.45, 7) is 6.60. The fraction of sp³-hybridized carbons (Fsp3) is 0.471. The van der Waals surface area contributed by atoms with Gasteiger partial charge in [-0.05, 0) is 49.5 Å². The van der Waals surface area contributed by atoms with Gasteiger partial charge >= 0.3 is 0 Å². The molecule has 1 amide bonds. The summed E-state index contributed by atoms with van der Waals surface area (Å²) in [5.41, 5.74) is 1.02. The number of carbonyl (C=O) groups is 1. The van der Waals surface area contributed by atoms with Crippen molar-refractivity contribution in [2.24, 2.45) is 5.92 Å². The van der Waals surface area contributed by atoms with Crippen LogP contribution in [0.1, 0.15) is 32.3 Å². The maximum absolute atomic E-state index is 12.1. The van der Waals surface area contributed by atoms with Crippen molar-refractivity contribution >= 4 is 12.0 Å². The lowest BCUT2D eigenvalue weighted by atomic mass is 10.0. The summed E-state index contributed by atoms with van der Waals surface area (Å²) in [6, 6.07) is 7.79. The first-order chi connectivity index (χ1) is 9.69. The molecular weight excluding hydrogens is 250 g/mol. The van der Waals surface area contributed by atoms with Gasteiger partial charge < -0.3 is 9.64 Å². The first kappa shape index (κ1) is 14.6. The van der Waals surface area contributed by atoms with Gasteiger partial charge in [-0.2, -0.15) is 0 Å². The van der Waals surface area contributed by atoms with Gasteiger partial charge in [-0.3, -0.25) is 4.79 Å². The molecule has 3 heteroatoms. The number of carbonyl (C=O) groups excluding carboxylic acids is 1. The predicted molar refractivity (Wildman–Crippen MR) is 81.6 cm³/mol. The Morgan fingerprint density at radius 2 is 2.15 bits per heavy atom. The SMILES string of the molecule is CCOc1ccc(/C=C/C(=O)N2CCCC(C)C2)cc1. The summed E-state index contributed by atoms with van der Waals surface area (Å²) in [6.07, 6.45) is 5.89. The molecule has 0 spiro atoms. The van der Waals surface area contributed by atoms with Crippen molar-refractivity contribution in [2.75, 3.05) is 19.7 Å². The van der Waals surface area contributed by atoms with Crippen LogP contribution in [0.4, 0.5) is 0 Å². The highest BCUT2D eigenvalue weighted by molar-refractivity contribution is 5.91. The minimum atomic E-state index is 0.116. The van der Waals surface area contributed by atoms with Crippen molar-refractivity contribution in [2.45, 2.75) is 26.7 Å². The average molecular weight is 273 g/mol. The number of hydrogen-bond donors (Lipinski definition) is 0. The van der Waals surface area contributed by atoms with E-state index < -0.39 is 0 Å². The highest BCUT2D eigenvalue weighted by Crippen LogP contribution is 2.16. The van der Waals surface area contributed by atoms with Crippen molar-refractivity contribution in [1.29, 1.82) is 0 Å². The standard InChI is InChI=1S/C17H23NO2/c1-3-20-16-9-6-15(7-10-16)8-11-17(19)18-12-4-5-14(2)13-18/h6-11,14H,3-5,12-13H2,1-2H3/b11-8+. The summed E-state index contributed by atoms with van der Waals surface area (Å²) >= 11 is 0. The van der Waals surface area contributed by atoms with Crippen molar-refractivity contribution < 1.29 is 9.53 Å². The molecule has 1 unspecified atom stereocenters. The molecule has 0 bridgehead atoms. The lowest BCUT2D eigenvalue weighted by molar-refractivity contribution is -0.127. The molecule has 108 valence electrons. The molecule has 1 saturated heterocycles. The highest BCUT2D eigenvalue weighted by atomic mass is 16.5. The largest absolute Gasteiger partial charge is 0.494 e. The molecule has 0 aliphatic carbocycles. The van der Waals surface area contributed by atoms with Crippen molar-refractivity contribution in [1.82, 2.24) is 4.90 Å². The number of benzene rings is 1. The Hall–Kier alpha value is -1.77. The zero-order chi connectivity index (χ0) is 14.4. The number of piperidine rings is 1. The van der Waals surface area contributed by atoms with E-state index in [1.54, 1.807) is 6.08 Å². The molecule has 20 heavy (non-hydrogen) atoms. The third kappa shape index (κ3) is 4.12. The Balaban J connectivity index is 1.92. The minimum Gasteiger partial charge on any atom is -0.494 e. The average Bonchev–Trinajstić information content (AvgIpc) is 2.46. The summed E-state index contributed by atoms with van der Waals surface area (Å²) in [5, 5.41) is 0. The highest BCUT2D eigenvalue weighted by Gasteiger charge is 2.18. The first-order valence-corrected chi connectivity index (χ1v) is 7.39. The van der Waals surface area contributed by atoms with E-state index >= 15 is 0 Å². The van der Waals surface area contributed by atoms with Crippen molar-refractivity contribution in [3.05, 3.63) is 35.9 Å². The van der Waals surface area contributed by atoms with Crippen LogP contribution < -0.4 is 4.74 Å². The maximum Gasteiger partial charge on any atom is 0.246 e. The predicted octanol–water partition coefficient (Wildman–Crippen LogP) is 3.36. The van der Waals surface area contributed by atoms with Gasteiger partial charge in [0.2, 0.25) is 5.91 Å². The lowest BCUT2D eigenvalue weighted by Gasteiger charge is -2.30. The zero-order valence-electron chi connectivity index (χ0n) is 12.3. The number of likely N-dealkylation sites (tertiary alicyclic amines) is 1. The van der Waals surface area contributed by atoms with Gasteiger partial charge in [-0.1, -0.05) is 19.1 Å². The second kappa shape index (κ2) is 7.13. The Kier molecular flexibility index (Phi) is 5.22. The molecule has 1 aromatic rings. The molecule has 2 rings (SSSR count). The topological polar surface area (TPSA) is 29.5 Å². The van der Waals surface area contributed by atoms with Gasteiger partial charge in [0.05, 0.1) is 6.61 Å². The van der Waals surface area contributed by atoms with E-state index in [1.807, 2.05) is 42.2 Å². The summed E-state index contributed by atoms with van der Waals surface area (Å²) in [7, 11) is 0. The van der Waals surface area contributed by atoms with Crippen LogP contribution in [0, 0.1) is 5.92 Å². The Labute approximate surface area is 121 Å². The molecular formula is C17H23NO2. The van der Waals surface area contributed by atoms with E-state index in [0.717, 1.165) is 30.8 Å². The van der Waals surface area contributed by atoms with Gasteiger partial charge in [0.25, 0.3) is 0 Å². The summed E-state index contributed by atoms with van der Waals surface area (Å²) in [4.78, 5) is 14.0. The normalized spacial score (nSPS) is 19.3. The quantitative estimate of drug-likeness (QED) is 0.787. The van der Waals surface area contributed by atoms with Crippen LogP contribution in [0.15, 0.2) is 30.3 Å². The van der Waals surface area contributed by atoms with Crippen LogP contribution in [0.5, 0.6) is 5.75 Å². The fourth-order valence-corrected chi connectivity index (χ4v) is 2.50. The smallest absolute Gasteiger partial charge is 0.246 e. The number of amides is 1. The summed E-state index contributed by atoms with van der Waals surface area (Å²) in [5.74, 6) is 1.60. The molecule has 1 atom stereocenters. The van der Waals surface area contributed by atoms with Crippen molar-refractivity contribution in [3.8, 4) is 5.75 Å². The van der Waals surface area contributed by atoms with E-state index in [-0.39, 0.29) is 5.91 Å². The molecule has 1 fully saturated rings. The molecule has 1 aliphatic heterocycles. The molecule has 0 aromatic heterocycles. The molecule has 0 radical (unpaired) electrons. The fourth-order valence-electron chi connectivity index (χ4n) is 2.50. The zero-order valence-corrected chi connectivity index (χ0v) is 12.3. The van der Waals surface area contributed by atoms with E-state index in [9.17, 15) is 4.79 Å². The number of hydrogen-bond acceptors (Lipinski definition) is 2. The van der Waals surface area contributed by atoms with Crippen LogP contribution in [-0.2, 0) is 4.79 Å². The second-order valence-electron chi connectivity index (χ2n) is 5.37. The van der Waals surface area contributed by atoms with Crippen LogP contribution in [-0.4, -0.2) is 30.5 Å². The Bertz CT molecular complexity index is 464. The van der Waals surface area contributed by atoms with Crippen LogP contribution in [0.3, 0.4) is 0 Å². The second-order valence-corrected chi connectivity index (χ2v) is 5.37. The van der Waals surface area contributed by atoms with Gasteiger partial charge in [-0.25, -0.2) is 0 Å². The van der Waals surface area contributed by atoms with E-state index in [2.05, 4.69) is 6.92 Å². The van der Waals surface area contributed by atoms with E-state index in [0.29, 0.717) is 12.5 Å². The van der Waals surface area contributed by atoms with Gasteiger partial charge in [0.1, 0.15) is 5.75 Å². The Morgan fingerprint density at radius 3 is 2.80 bits per heavy atom. The van der Waals surface area contributed by atoms with Crippen LogP contribution in [0.2, 0.25) is 0 Å². The molecule has 0 saturated carbocycles. The summed E-state index contributed by atoms with van der Waals surface area (Å²) < 4.78 is 5.39. The first-order valence-electron chi connectivity index (χ1n) is 7.39. The molecule has 1 aromatic carbocycles. The third-order valence-corrected chi connectivity index (χ3v) is 3.58. The van der Waals surface area contributed by atoms with E-state index in [4.69, 9.17) is 4.74 Å². The third-order valence-electron chi connectivity index (χ3n) is 3.58. The van der Waals surface area contributed by atoms with Gasteiger partial charge in [-0.15, -0.1) is 0 Å². The van der Waals surface area contributed by atoms with Crippen molar-refractivity contribution in [3.63, 3.8) is 0 Å². The van der Waals surface area contributed by atoms with E-state index in [1.165, 1.54) is 6.42 Å².